The maximum Gasteiger partial charge on any atom is 0.219 e. The quantitative estimate of drug-likeness (QED) is 0.626. The summed E-state index contributed by atoms with van der Waals surface area (Å²) in [5.74, 6) is 0.149. The van der Waals surface area contributed by atoms with Crippen LogP contribution in [0.25, 0.3) is 0 Å². The first kappa shape index (κ1) is 10.4. The first-order chi connectivity index (χ1) is 4.92. The number of carbonyl (C=O) groups is 1. The zero-order chi connectivity index (χ0) is 9.07. The van der Waals surface area contributed by atoms with E-state index in [1.807, 2.05) is 14.0 Å². The van der Waals surface area contributed by atoms with Gasteiger partial charge in [0, 0.05) is 12.0 Å². The highest BCUT2D eigenvalue weighted by Gasteiger charge is 2.27. The summed E-state index contributed by atoms with van der Waals surface area (Å²) >= 11 is 0. The topological polar surface area (TPSA) is 55.1 Å². The lowest BCUT2D eigenvalue weighted by Crippen LogP contribution is -2.47. The molecule has 1 unspecified atom stereocenters. The van der Waals surface area contributed by atoms with E-state index in [-0.39, 0.29) is 11.4 Å². The monoisotopic (exact) mass is 158 g/mol. The van der Waals surface area contributed by atoms with Crippen molar-refractivity contribution in [1.29, 1.82) is 0 Å². The average Bonchev–Trinajstić information content (AvgIpc) is 1.86. The highest BCUT2D eigenvalue weighted by molar-refractivity contribution is 5.75. The molecule has 0 radical (unpaired) electrons. The van der Waals surface area contributed by atoms with Crippen LogP contribution in [0.4, 0.5) is 0 Å². The molecule has 0 aromatic carbocycles. The van der Waals surface area contributed by atoms with E-state index in [2.05, 4.69) is 19.2 Å². The molecule has 0 fully saturated rings. The van der Waals surface area contributed by atoms with Gasteiger partial charge in [0.25, 0.3) is 0 Å². The second kappa shape index (κ2) is 3.72. The SMILES string of the molecule is CNC(C)(CC(N)=O)C(C)C. The summed E-state index contributed by atoms with van der Waals surface area (Å²) in [6, 6.07) is 0. The molecule has 1 amide bonds. The van der Waals surface area contributed by atoms with Crippen LogP contribution in [-0.4, -0.2) is 18.5 Å². The predicted molar refractivity (Wildman–Crippen MR) is 46.1 cm³/mol. The van der Waals surface area contributed by atoms with Gasteiger partial charge in [-0.25, -0.2) is 0 Å². The van der Waals surface area contributed by atoms with Crippen molar-refractivity contribution in [1.82, 2.24) is 5.32 Å². The fourth-order valence-electron chi connectivity index (χ4n) is 0.943. The fraction of sp³-hybridized carbons (Fsp3) is 0.875. The van der Waals surface area contributed by atoms with Crippen molar-refractivity contribution < 1.29 is 4.79 Å². The van der Waals surface area contributed by atoms with Gasteiger partial charge in [-0.1, -0.05) is 13.8 Å². The van der Waals surface area contributed by atoms with E-state index < -0.39 is 0 Å². The van der Waals surface area contributed by atoms with Crippen LogP contribution >= 0.6 is 0 Å². The van der Waals surface area contributed by atoms with E-state index in [9.17, 15) is 4.79 Å². The molecule has 3 N–H and O–H groups in total. The normalized spacial score (nSPS) is 16.5. The summed E-state index contributed by atoms with van der Waals surface area (Å²) in [4.78, 5) is 10.7. The van der Waals surface area contributed by atoms with Gasteiger partial charge in [-0.05, 0) is 19.9 Å². The zero-order valence-electron chi connectivity index (χ0n) is 7.77. The Morgan fingerprint density at radius 1 is 1.64 bits per heavy atom. The predicted octanol–water partition coefficient (Wildman–Crippen LogP) is 0.496. The molecule has 0 aliphatic rings. The molecule has 3 nitrogen and oxygen atoms in total. The van der Waals surface area contributed by atoms with Crippen molar-refractivity contribution >= 4 is 5.91 Å². The van der Waals surface area contributed by atoms with E-state index in [1.54, 1.807) is 0 Å². The molecule has 0 saturated heterocycles. The van der Waals surface area contributed by atoms with Crippen LogP contribution in [0.1, 0.15) is 27.2 Å². The third-order valence-electron chi connectivity index (χ3n) is 2.39. The van der Waals surface area contributed by atoms with Crippen LogP contribution in [0.3, 0.4) is 0 Å². The molecule has 0 aromatic rings. The van der Waals surface area contributed by atoms with Crippen molar-refractivity contribution in [2.24, 2.45) is 11.7 Å². The summed E-state index contributed by atoms with van der Waals surface area (Å²) in [5, 5.41) is 3.11. The zero-order valence-corrected chi connectivity index (χ0v) is 7.77. The first-order valence-corrected chi connectivity index (χ1v) is 3.89. The van der Waals surface area contributed by atoms with Crippen molar-refractivity contribution in [3.8, 4) is 0 Å². The molecule has 1 atom stereocenters. The maximum atomic E-state index is 10.7. The number of primary amides is 1. The van der Waals surface area contributed by atoms with E-state index >= 15 is 0 Å². The lowest BCUT2D eigenvalue weighted by Gasteiger charge is -2.32. The van der Waals surface area contributed by atoms with Gasteiger partial charge in [-0.15, -0.1) is 0 Å². The molecule has 11 heavy (non-hydrogen) atoms. The number of rotatable bonds is 4. The van der Waals surface area contributed by atoms with E-state index in [4.69, 9.17) is 5.73 Å². The lowest BCUT2D eigenvalue weighted by atomic mass is 9.85. The standard InChI is InChI=1S/C8H18N2O/c1-6(2)8(3,10-4)5-7(9)11/h6,10H,5H2,1-4H3,(H2,9,11). The minimum absolute atomic E-state index is 0.161. The summed E-state index contributed by atoms with van der Waals surface area (Å²) in [7, 11) is 1.85. The van der Waals surface area contributed by atoms with E-state index in [1.165, 1.54) is 0 Å². The van der Waals surface area contributed by atoms with Gasteiger partial charge in [0.1, 0.15) is 0 Å². The maximum absolute atomic E-state index is 10.7. The molecule has 66 valence electrons. The number of hydrogen-bond acceptors (Lipinski definition) is 2. The Morgan fingerprint density at radius 2 is 2.09 bits per heavy atom. The van der Waals surface area contributed by atoms with Crippen molar-refractivity contribution in [2.45, 2.75) is 32.7 Å². The van der Waals surface area contributed by atoms with E-state index in [0.717, 1.165) is 0 Å². The van der Waals surface area contributed by atoms with Crippen molar-refractivity contribution in [3.63, 3.8) is 0 Å². The smallest absolute Gasteiger partial charge is 0.219 e. The third kappa shape index (κ3) is 2.89. The number of nitrogens with one attached hydrogen (secondary N) is 1. The highest BCUT2D eigenvalue weighted by atomic mass is 16.1. The van der Waals surface area contributed by atoms with Crippen LogP contribution < -0.4 is 11.1 Å². The van der Waals surface area contributed by atoms with Crippen LogP contribution in [-0.2, 0) is 4.79 Å². The van der Waals surface area contributed by atoms with Crippen LogP contribution in [0, 0.1) is 5.92 Å². The molecule has 0 bridgehead atoms. The van der Waals surface area contributed by atoms with Crippen molar-refractivity contribution in [3.05, 3.63) is 0 Å². The number of carbonyl (C=O) groups excluding carboxylic acids is 1. The van der Waals surface area contributed by atoms with Gasteiger partial charge in [-0.3, -0.25) is 4.79 Å². The number of amides is 1. The summed E-state index contributed by atoms with van der Waals surface area (Å²) in [6.07, 6.45) is 0.390. The van der Waals surface area contributed by atoms with Crippen LogP contribution in [0.5, 0.6) is 0 Å². The second-order valence-corrected chi connectivity index (χ2v) is 3.47. The van der Waals surface area contributed by atoms with Crippen molar-refractivity contribution in [2.75, 3.05) is 7.05 Å². The van der Waals surface area contributed by atoms with Gasteiger partial charge in [0.2, 0.25) is 5.91 Å². The average molecular weight is 158 g/mol. The Balaban J connectivity index is 4.22. The molecule has 0 heterocycles. The van der Waals surface area contributed by atoms with Gasteiger partial charge in [0.15, 0.2) is 0 Å². The molecule has 0 saturated carbocycles. The summed E-state index contributed by atoms with van der Waals surface area (Å²) in [5.41, 5.74) is 4.95. The minimum Gasteiger partial charge on any atom is -0.370 e. The second-order valence-electron chi connectivity index (χ2n) is 3.47. The Kier molecular flexibility index (Phi) is 3.52. The van der Waals surface area contributed by atoms with E-state index in [0.29, 0.717) is 12.3 Å². The van der Waals surface area contributed by atoms with Gasteiger partial charge < -0.3 is 11.1 Å². The molecular weight excluding hydrogens is 140 g/mol. The molecule has 0 spiro atoms. The van der Waals surface area contributed by atoms with Gasteiger partial charge >= 0.3 is 0 Å². The first-order valence-electron chi connectivity index (χ1n) is 3.89. The molecule has 3 heteroatoms. The molecule has 0 aromatic heterocycles. The molecule has 0 rings (SSSR count). The Morgan fingerprint density at radius 3 is 2.18 bits per heavy atom. The summed E-state index contributed by atoms with van der Waals surface area (Å²) < 4.78 is 0. The largest absolute Gasteiger partial charge is 0.370 e. The lowest BCUT2D eigenvalue weighted by molar-refractivity contribution is -0.119. The van der Waals surface area contributed by atoms with Crippen LogP contribution in [0.2, 0.25) is 0 Å². The minimum atomic E-state index is -0.254. The van der Waals surface area contributed by atoms with Gasteiger partial charge in [-0.2, -0.15) is 0 Å². The van der Waals surface area contributed by atoms with Gasteiger partial charge in [0.05, 0.1) is 0 Å². The summed E-state index contributed by atoms with van der Waals surface area (Å²) in [6.45, 7) is 6.14. The molecule has 0 aliphatic heterocycles. The fourth-order valence-corrected chi connectivity index (χ4v) is 0.943. The molecule has 0 aliphatic carbocycles. The number of nitrogens with two attached hydrogens (primary N) is 1. The highest BCUT2D eigenvalue weighted by Crippen LogP contribution is 2.19. The Labute approximate surface area is 68.3 Å². The molecular formula is C8H18N2O. The Hall–Kier alpha value is -0.570. The van der Waals surface area contributed by atoms with Crippen LogP contribution in [0.15, 0.2) is 0 Å². The third-order valence-corrected chi connectivity index (χ3v) is 2.39. The number of hydrogen-bond donors (Lipinski definition) is 2. The Bertz CT molecular complexity index is 145.